The molecule has 4 heterocycles. The fourth-order valence-electron chi connectivity index (χ4n) is 9.44. The van der Waals surface area contributed by atoms with E-state index in [1.807, 2.05) is 44.2 Å². The number of rotatable bonds is 25. The normalized spacial score (nSPS) is 18.6. The molecule has 4 aliphatic heterocycles. The standard InChI is InChI=1S/C53H67N3O13S/c1-37-36-52(2,3)55(21-22-64-25-26-66-29-30-67-28-27-65-24-23-63-6)45-35-47-42(34-41(37)45)39(31-46(68-47)38-13-9-7-10-14-38)32-48-53(4,5)43-33-40(70(60,61)62)16-17-44(43)54(48)20-12-8-11-15-51(59)69-56-49(57)18-19-50(56)58/h7,9-10,13-14,16-17,31-36,46H,8,11-12,15,18-30H2,1-6H3,(H,60,61,62)/b48-32-. The van der Waals surface area contributed by atoms with Gasteiger partial charge in [0.2, 0.25) is 0 Å². The zero-order chi connectivity index (χ0) is 50.1. The molecule has 16 nitrogen and oxygen atoms in total. The monoisotopic (exact) mass is 985 g/mol. The Labute approximate surface area is 411 Å². The predicted octanol–water partition coefficient (Wildman–Crippen LogP) is 8.01. The van der Waals surface area contributed by atoms with E-state index in [1.165, 1.54) is 6.07 Å². The molecule has 0 aromatic heterocycles. The van der Waals surface area contributed by atoms with Gasteiger partial charge in [-0.15, -0.1) is 5.06 Å². The molecule has 1 fully saturated rings. The van der Waals surface area contributed by atoms with Gasteiger partial charge >= 0.3 is 5.97 Å². The molecule has 0 radical (unpaired) electrons. The molecule has 7 rings (SSSR count). The fourth-order valence-corrected chi connectivity index (χ4v) is 9.94. The van der Waals surface area contributed by atoms with Crippen molar-refractivity contribution >= 4 is 50.4 Å². The highest BCUT2D eigenvalue weighted by Gasteiger charge is 2.42. The third kappa shape index (κ3) is 12.5. The van der Waals surface area contributed by atoms with Crippen molar-refractivity contribution in [2.24, 2.45) is 0 Å². The third-order valence-electron chi connectivity index (χ3n) is 13.0. The summed E-state index contributed by atoms with van der Waals surface area (Å²) in [4.78, 5) is 46.0. The molecule has 378 valence electrons. The van der Waals surface area contributed by atoms with Gasteiger partial charge in [0.15, 0.2) is 0 Å². The van der Waals surface area contributed by atoms with Gasteiger partial charge in [0, 0.05) is 79.1 Å². The molecule has 1 atom stereocenters. The average molecular weight is 986 g/mol. The molecular weight excluding hydrogens is 919 g/mol. The maximum Gasteiger partial charge on any atom is 0.333 e. The number of carbonyl (C=O) groups excluding carboxylic acids is 3. The van der Waals surface area contributed by atoms with E-state index in [1.54, 1.807) is 19.2 Å². The summed E-state index contributed by atoms with van der Waals surface area (Å²) in [6, 6.07) is 19.1. The van der Waals surface area contributed by atoms with E-state index in [0.29, 0.717) is 103 Å². The Morgan fingerprint density at radius 2 is 1.43 bits per heavy atom. The second kappa shape index (κ2) is 23.2. The van der Waals surface area contributed by atoms with Gasteiger partial charge in [0.25, 0.3) is 21.9 Å². The summed E-state index contributed by atoms with van der Waals surface area (Å²) in [7, 11) is -2.86. The van der Waals surface area contributed by atoms with Crippen LogP contribution in [0.1, 0.15) is 102 Å². The highest BCUT2D eigenvalue weighted by molar-refractivity contribution is 7.85. The lowest BCUT2D eigenvalue weighted by Gasteiger charge is -2.44. The van der Waals surface area contributed by atoms with Crippen molar-refractivity contribution in [1.82, 2.24) is 5.06 Å². The third-order valence-corrected chi connectivity index (χ3v) is 13.9. The molecule has 17 heteroatoms. The van der Waals surface area contributed by atoms with Crippen LogP contribution in [0.2, 0.25) is 0 Å². The van der Waals surface area contributed by atoms with Gasteiger partial charge in [-0.25, -0.2) is 4.79 Å². The number of hydrogen-bond donors (Lipinski definition) is 1. The van der Waals surface area contributed by atoms with Crippen LogP contribution in [-0.2, 0) is 58.4 Å². The van der Waals surface area contributed by atoms with Gasteiger partial charge in [0.1, 0.15) is 11.9 Å². The Morgan fingerprint density at radius 3 is 2.07 bits per heavy atom. The Balaban J connectivity index is 1.12. The fraction of sp³-hybridized carbons (Fsp3) is 0.491. The number of imide groups is 1. The predicted molar refractivity (Wildman–Crippen MR) is 265 cm³/mol. The molecule has 1 unspecified atom stereocenters. The Kier molecular flexibility index (Phi) is 17.4. The smallest absolute Gasteiger partial charge is 0.333 e. The number of anilines is 2. The zero-order valence-electron chi connectivity index (χ0n) is 41.2. The van der Waals surface area contributed by atoms with Crippen molar-refractivity contribution in [1.29, 1.82) is 0 Å². The first kappa shape index (κ1) is 52.4. The molecule has 0 aliphatic carbocycles. The van der Waals surface area contributed by atoms with E-state index in [2.05, 4.69) is 60.9 Å². The quantitative estimate of drug-likeness (QED) is 0.0490. The van der Waals surface area contributed by atoms with E-state index in [0.717, 1.165) is 50.5 Å². The van der Waals surface area contributed by atoms with Crippen molar-refractivity contribution in [3.63, 3.8) is 0 Å². The van der Waals surface area contributed by atoms with Gasteiger partial charge in [0.05, 0.1) is 69.9 Å². The first-order valence-corrected chi connectivity index (χ1v) is 25.5. The largest absolute Gasteiger partial charge is 0.481 e. The summed E-state index contributed by atoms with van der Waals surface area (Å²) >= 11 is 0. The summed E-state index contributed by atoms with van der Waals surface area (Å²) in [5.41, 5.74) is 7.44. The Bertz CT molecular complexity index is 2560. The summed E-state index contributed by atoms with van der Waals surface area (Å²) < 4.78 is 69.7. The minimum absolute atomic E-state index is 0.0272. The van der Waals surface area contributed by atoms with Crippen LogP contribution in [0, 0.1) is 0 Å². The molecular formula is C53H67N3O13S. The van der Waals surface area contributed by atoms with Crippen LogP contribution in [0.5, 0.6) is 5.75 Å². The lowest BCUT2D eigenvalue weighted by Crippen LogP contribution is -2.47. The highest BCUT2D eigenvalue weighted by Crippen LogP contribution is 2.52. The number of benzene rings is 3. The van der Waals surface area contributed by atoms with Crippen LogP contribution in [-0.4, -0.2) is 121 Å². The van der Waals surface area contributed by atoms with Crippen molar-refractivity contribution in [2.75, 3.05) is 89.5 Å². The second-order valence-electron chi connectivity index (χ2n) is 18.8. The van der Waals surface area contributed by atoms with Gasteiger partial charge in [-0.2, -0.15) is 8.42 Å². The van der Waals surface area contributed by atoms with Crippen molar-refractivity contribution in [2.45, 2.75) is 95.1 Å². The minimum Gasteiger partial charge on any atom is -0.481 e. The number of hydroxylamine groups is 2. The lowest BCUT2D eigenvalue weighted by atomic mass is 9.81. The van der Waals surface area contributed by atoms with E-state index in [-0.39, 0.29) is 29.7 Å². The summed E-state index contributed by atoms with van der Waals surface area (Å²) in [5.74, 6) is -0.965. The van der Waals surface area contributed by atoms with Crippen LogP contribution in [0.4, 0.5) is 11.4 Å². The van der Waals surface area contributed by atoms with Gasteiger partial charge in [-0.3, -0.25) is 14.1 Å². The molecule has 0 spiro atoms. The molecule has 4 aliphatic rings. The number of fused-ring (bicyclic) bond motifs is 3. The number of nitrogens with zero attached hydrogens (tertiary/aromatic N) is 3. The van der Waals surface area contributed by atoms with Crippen LogP contribution in [0.25, 0.3) is 11.1 Å². The highest BCUT2D eigenvalue weighted by atomic mass is 32.2. The maximum atomic E-state index is 12.6. The topological polar surface area (TPSA) is 180 Å². The van der Waals surface area contributed by atoms with Gasteiger partial charge < -0.3 is 43.1 Å². The van der Waals surface area contributed by atoms with Gasteiger partial charge in [-0.1, -0.05) is 56.7 Å². The number of allylic oxidation sites excluding steroid dienone is 4. The number of unbranched alkanes of at least 4 members (excludes halogenated alkanes) is 2. The molecule has 3 aromatic rings. The molecule has 70 heavy (non-hydrogen) atoms. The Morgan fingerprint density at radius 1 is 0.786 bits per heavy atom. The molecule has 0 bridgehead atoms. The average Bonchev–Trinajstić information content (AvgIpc) is 3.74. The van der Waals surface area contributed by atoms with Crippen molar-refractivity contribution in [3.8, 4) is 5.75 Å². The van der Waals surface area contributed by atoms with E-state index >= 15 is 0 Å². The van der Waals surface area contributed by atoms with Crippen LogP contribution < -0.4 is 14.5 Å². The first-order chi connectivity index (χ1) is 33.5. The number of hydrogen-bond acceptors (Lipinski definition) is 14. The summed E-state index contributed by atoms with van der Waals surface area (Å²) in [6.07, 6.45) is 7.97. The van der Waals surface area contributed by atoms with E-state index in [4.69, 9.17) is 33.3 Å². The van der Waals surface area contributed by atoms with Gasteiger partial charge in [-0.05, 0) is 92.3 Å². The number of methoxy groups -OCH3 is 1. The second-order valence-corrected chi connectivity index (χ2v) is 20.2. The van der Waals surface area contributed by atoms with Crippen LogP contribution in [0.15, 0.2) is 89.5 Å². The summed E-state index contributed by atoms with van der Waals surface area (Å²) in [6.45, 7) is 16.2. The zero-order valence-corrected chi connectivity index (χ0v) is 42.0. The van der Waals surface area contributed by atoms with E-state index in [9.17, 15) is 27.4 Å². The number of amides is 2. The van der Waals surface area contributed by atoms with E-state index < -0.39 is 39.4 Å². The minimum atomic E-state index is -4.50. The Hall–Kier alpha value is -5.40. The number of carbonyl (C=O) groups is 3. The maximum absolute atomic E-state index is 12.6. The van der Waals surface area contributed by atoms with Crippen molar-refractivity contribution < 1.29 is 60.6 Å². The molecule has 1 N–H and O–H groups in total. The van der Waals surface area contributed by atoms with Crippen molar-refractivity contribution in [3.05, 3.63) is 107 Å². The van der Waals surface area contributed by atoms with Crippen LogP contribution in [0.3, 0.4) is 0 Å². The molecule has 1 saturated heterocycles. The SMILES string of the molecule is COCCOCCOCCOCCOCCN1c2cc3c(cc2C(C)=CC1(C)C)C(/C=C1\N(CCCCCC(=O)ON2C(=O)CCC2=O)c2ccc(S(=O)(=O)O)cc2C1(C)C)=CC(c1ccccc1)O3. The first-order valence-electron chi connectivity index (χ1n) is 24.1. The lowest BCUT2D eigenvalue weighted by molar-refractivity contribution is -0.197. The van der Waals surface area contributed by atoms with Crippen LogP contribution >= 0.6 is 0 Å². The molecule has 2 amide bonds. The molecule has 0 saturated carbocycles. The number of ether oxygens (including phenoxy) is 6. The molecule has 3 aromatic carbocycles. The summed E-state index contributed by atoms with van der Waals surface area (Å²) in [5, 5.41) is 0.568.